The van der Waals surface area contributed by atoms with Crippen LogP contribution in [-0.4, -0.2) is 34.3 Å². The van der Waals surface area contributed by atoms with E-state index in [1.807, 2.05) is 4.68 Å². The fourth-order valence-corrected chi connectivity index (χ4v) is 3.20. The highest BCUT2D eigenvalue weighted by Crippen LogP contribution is 2.38. The molecule has 5 nitrogen and oxygen atoms in total. The van der Waals surface area contributed by atoms with Crippen molar-refractivity contribution in [3.63, 3.8) is 0 Å². The van der Waals surface area contributed by atoms with Gasteiger partial charge in [0.1, 0.15) is 0 Å². The van der Waals surface area contributed by atoms with Crippen molar-refractivity contribution in [1.29, 1.82) is 0 Å². The van der Waals surface area contributed by atoms with E-state index in [4.69, 9.17) is 17.4 Å². The molecule has 0 amide bonds. The molecule has 110 valence electrons. The first kappa shape index (κ1) is 16.4. The van der Waals surface area contributed by atoms with Crippen molar-refractivity contribution >= 4 is 11.6 Å². The van der Waals surface area contributed by atoms with Crippen LogP contribution in [0.3, 0.4) is 0 Å². The average Bonchev–Trinajstić information content (AvgIpc) is 2.76. The zero-order valence-corrected chi connectivity index (χ0v) is 13.3. The Morgan fingerprint density at radius 1 is 1.42 bits per heavy atom. The van der Waals surface area contributed by atoms with E-state index in [9.17, 15) is 0 Å². The monoisotopic (exact) mass is 287 g/mol. The third-order valence-electron chi connectivity index (χ3n) is 4.23. The van der Waals surface area contributed by atoms with Gasteiger partial charge in [-0.1, -0.05) is 25.4 Å². The molecular formula is C13H26ClN5. The van der Waals surface area contributed by atoms with Crippen LogP contribution in [-0.2, 0) is 6.54 Å². The van der Waals surface area contributed by atoms with Crippen LogP contribution < -0.4 is 11.3 Å². The highest BCUT2D eigenvalue weighted by molar-refractivity contribution is 6.31. The van der Waals surface area contributed by atoms with Crippen LogP contribution in [0.1, 0.15) is 45.3 Å². The summed E-state index contributed by atoms with van der Waals surface area (Å²) in [5.74, 6) is 5.86. The van der Waals surface area contributed by atoms with Crippen molar-refractivity contribution in [1.82, 2.24) is 20.1 Å². The Morgan fingerprint density at radius 3 is 2.37 bits per heavy atom. The SMILES string of the molecule is CCn1ncc(Cl)c1C(NN)C(CC)(CC)N(C)C. The summed E-state index contributed by atoms with van der Waals surface area (Å²) < 4.78 is 1.91. The van der Waals surface area contributed by atoms with Gasteiger partial charge in [0.25, 0.3) is 0 Å². The molecule has 0 fully saturated rings. The molecule has 0 radical (unpaired) electrons. The molecule has 0 aliphatic carbocycles. The molecule has 0 spiro atoms. The number of nitrogens with one attached hydrogen (secondary N) is 1. The second-order valence-electron chi connectivity index (χ2n) is 5.00. The van der Waals surface area contributed by atoms with Crippen molar-refractivity contribution in [2.75, 3.05) is 14.1 Å². The number of aryl methyl sites for hydroxylation is 1. The molecule has 19 heavy (non-hydrogen) atoms. The first-order chi connectivity index (χ1) is 8.98. The summed E-state index contributed by atoms with van der Waals surface area (Å²) in [7, 11) is 4.16. The molecule has 3 N–H and O–H groups in total. The quantitative estimate of drug-likeness (QED) is 0.596. The Bertz CT molecular complexity index is 398. The smallest absolute Gasteiger partial charge is 0.0835 e. The number of likely N-dealkylation sites (N-methyl/N-ethyl adjacent to an activating group) is 1. The molecule has 1 rings (SSSR count). The van der Waals surface area contributed by atoms with Crippen molar-refractivity contribution in [2.24, 2.45) is 5.84 Å². The topological polar surface area (TPSA) is 59.1 Å². The number of hydrogen-bond acceptors (Lipinski definition) is 4. The summed E-state index contributed by atoms with van der Waals surface area (Å²) >= 11 is 6.32. The van der Waals surface area contributed by atoms with Gasteiger partial charge >= 0.3 is 0 Å². The lowest BCUT2D eigenvalue weighted by atomic mass is 9.81. The molecule has 0 aliphatic rings. The maximum absolute atomic E-state index is 6.32. The van der Waals surface area contributed by atoms with Gasteiger partial charge < -0.3 is 4.90 Å². The predicted octanol–water partition coefficient (Wildman–Crippen LogP) is 2.18. The van der Waals surface area contributed by atoms with Crippen molar-refractivity contribution in [3.05, 3.63) is 16.9 Å². The van der Waals surface area contributed by atoms with Gasteiger partial charge in [-0.15, -0.1) is 0 Å². The molecule has 0 saturated carbocycles. The first-order valence-corrected chi connectivity index (χ1v) is 7.20. The van der Waals surface area contributed by atoms with Crippen LogP contribution in [0.2, 0.25) is 5.02 Å². The zero-order valence-electron chi connectivity index (χ0n) is 12.6. The minimum atomic E-state index is -0.0919. The van der Waals surface area contributed by atoms with E-state index in [2.05, 4.69) is 50.3 Å². The fourth-order valence-electron chi connectivity index (χ4n) is 2.95. The summed E-state index contributed by atoms with van der Waals surface area (Å²) in [6.07, 6.45) is 3.63. The van der Waals surface area contributed by atoms with E-state index < -0.39 is 0 Å². The summed E-state index contributed by atoms with van der Waals surface area (Å²) in [5.41, 5.74) is 3.83. The molecule has 0 aromatic carbocycles. The Kier molecular flexibility index (Phi) is 5.80. The third kappa shape index (κ3) is 2.79. The van der Waals surface area contributed by atoms with Crippen LogP contribution in [0.25, 0.3) is 0 Å². The van der Waals surface area contributed by atoms with E-state index in [0.717, 1.165) is 25.1 Å². The molecule has 0 bridgehead atoms. The minimum absolute atomic E-state index is 0.0625. The largest absolute Gasteiger partial charge is 0.302 e. The second-order valence-corrected chi connectivity index (χ2v) is 5.41. The van der Waals surface area contributed by atoms with Crippen LogP contribution in [0.15, 0.2) is 6.20 Å². The molecule has 6 heteroatoms. The standard InChI is InChI=1S/C13H26ClN5/c1-6-13(7-2,18(4)5)12(17-15)11-10(14)9-16-19(11)8-3/h9,12,17H,6-8,15H2,1-5H3. The van der Waals surface area contributed by atoms with Crippen molar-refractivity contribution in [3.8, 4) is 0 Å². The van der Waals surface area contributed by atoms with E-state index in [-0.39, 0.29) is 11.6 Å². The Hall–Kier alpha value is -0.620. The summed E-state index contributed by atoms with van der Waals surface area (Å²) in [6, 6.07) is -0.0625. The van der Waals surface area contributed by atoms with Crippen LogP contribution >= 0.6 is 11.6 Å². The van der Waals surface area contributed by atoms with Gasteiger partial charge in [-0.25, -0.2) is 5.43 Å². The molecule has 0 aliphatic heterocycles. The van der Waals surface area contributed by atoms with Gasteiger partial charge in [0.15, 0.2) is 0 Å². The molecule has 1 atom stereocenters. The van der Waals surface area contributed by atoms with Crippen molar-refractivity contribution < 1.29 is 0 Å². The number of nitrogens with zero attached hydrogens (tertiary/aromatic N) is 3. The lowest BCUT2D eigenvalue weighted by Gasteiger charge is -2.45. The predicted molar refractivity (Wildman–Crippen MR) is 80.0 cm³/mol. The molecular weight excluding hydrogens is 262 g/mol. The van der Waals surface area contributed by atoms with Gasteiger partial charge in [0.2, 0.25) is 0 Å². The van der Waals surface area contributed by atoms with E-state index >= 15 is 0 Å². The highest BCUT2D eigenvalue weighted by Gasteiger charge is 2.41. The van der Waals surface area contributed by atoms with Gasteiger partial charge in [0, 0.05) is 12.1 Å². The van der Waals surface area contributed by atoms with Crippen molar-refractivity contribution in [2.45, 2.75) is 51.7 Å². The van der Waals surface area contributed by atoms with Gasteiger partial charge in [0.05, 0.1) is 23.0 Å². The van der Waals surface area contributed by atoms with E-state index in [1.165, 1.54) is 0 Å². The maximum atomic E-state index is 6.32. The maximum Gasteiger partial charge on any atom is 0.0835 e. The minimum Gasteiger partial charge on any atom is -0.302 e. The molecule has 0 saturated heterocycles. The summed E-state index contributed by atoms with van der Waals surface area (Å²) in [4.78, 5) is 2.22. The fraction of sp³-hybridized carbons (Fsp3) is 0.769. The Balaban J connectivity index is 3.35. The number of hydrogen-bond donors (Lipinski definition) is 2. The van der Waals surface area contributed by atoms with E-state index in [1.54, 1.807) is 6.20 Å². The Morgan fingerprint density at radius 2 is 2.00 bits per heavy atom. The van der Waals surface area contributed by atoms with Crippen LogP contribution in [0.4, 0.5) is 0 Å². The third-order valence-corrected chi connectivity index (χ3v) is 4.52. The summed E-state index contributed by atoms with van der Waals surface area (Å²) in [5, 5.41) is 4.98. The Labute approximate surface area is 121 Å². The molecule has 1 aromatic rings. The zero-order chi connectivity index (χ0) is 14.6. The average molecular weight is 288 g/mol. The summed E-state index contributed by atoms with van der Waals surface area (Å²) in [6.45, 7) is 7.18. The van der Waals surface area contributed by atoms with Crippen LogP contribution in [0.5, 0.6) is 0 Å². The number of rotatable bonds is 7. The molecule has 1 aromatic heterocycles. The number of halogens is 1. The second kappa shape index (κ2) is 6.70. The normalized spacial score (nSPS) is 14.1. The first-order valence-electron chi connectivity index (χ1n) is 6.83. The van der Waals surface area contributed by atoms with Gasteiger partial charge in [-0.05, 0) is 33.9 Å². The van der Waals surface area contributed by atoms with Crippen LogP contribution in [0, 0.1) is 0 Å². The van der Waals surface area contributed by atoms with E-state index in [0.29, 0.717) is 5.02 Å². The highest BCUT2D eigenvalue weighted by atomic mass is 35.5. The van der Waals surface area contributed by atoms with Gasteiger partial charge in [-0.3, -0.25) is 10.5 Å². The number of aromatic nitrogens is 2. The number of nitrogens with two attached hydrogens (primary N) is 1. The molecule has 1 heterocycles. The number of hydrazine groups is 1. The molecule has 1 unspecified atom stereocenters. The lowest BCUT2D eigenvalue weighted by Crippen LogP contribution is -2.55. The van der Waals surface area contributed by atoms with Gasteiger partial charge in [-0.2, -0.15) is 5.10 Å². The lowest BCUT2D eigenvalue weighted by molar-refractivity contribution is 0.0841.